The zero-order valence-electron chi connectivity index (χ0n) is 8.87. The number of hydrogen-bond donors (Lipinski definition) is 1. The summed E-state index contributed by atoms with van der Waals surface area (Å²) in [7, 11) is 0. The molecular formula is C12H13BrN2S. The Labute approximate surface area is 107 Å². The van der Waals surface area contributed by atoms with Crippen molar-refractivity contribution in [1.82, 2.24) is 9.97 Å². The number of nitrogens with zero attached hydrogens (tertiary/aromatic N) is 1. The lowest BCUT2D eigenvalue weighted by molar-refractivity contribution is 0.685. The highest BCUT2D eigenvalue weighted by Gasteiger charge is 2.41. The van der Waals surface area contributed by atoms with Crippen molar-refractivity contribution < 1.29 is 0 Å². The van der Waals surface area contributed by atoms with Gasteiger partial charge in [0.15, 0.2) is 5.16 Å². The molecule has 0 amide bonds. The summed E-state index contributed by atoms with van der Waals surface area (Å²) in [6, 6.07) is 8.19. The number of thioether (sulfide) groups is 1. The molecule has 1 aromatic heterocycles. The van der Waals surface area contributed by atoms with Gasteiger partial charge in [-0.3, -0.25) is 0 Å². The first kappa shape index (κ1) is 10.7. The molecule has 1 N–H and O–H groups in total. The van der Waals surface area contributed by atoms with E-state index in [-0.39, 0.29) is 0 Å². The molecule has 0 radical (unpaired) electrons. The Bertz CT molecular complexity index is 471. The van der Waals surface area contributed by atoms with Gasteiger partial charge >= 0.3 is 0 Å². The summed E-state index contributed by atoms with van der Waals surface area (Å²) >= 11 is 5.44. The average Bonchev–Trinajstić information content (AvgIpc) is 2.98. The minimum atomic E-state index is 0.545. The van der Waals surface area contributed by atoms with Crippen LogP contribution in [0.2, 0.25) is 0 Å². The van der Waals surface area contributed by atoms with Crippen LogP contribution in [0.3, 0.4) is 0 Å². The molecule has 16 heavy (non-hydrogen) atoms. The lowest BCUT2D eigenvalue weighted by Crippen LogP contribution is -2.05. The van der Waals surface area contributed by atoms with E-state index in [1.165, 1.54) is 12.8 Å². The highest BCUT2D eigenvalue weighted by Crippen LogP contribution is 2.50. The van der Waals surface area contributed by atoms with Crippen molar-refractivity contribution in [2.24, 2.45) is 5.41 Å². The van der Waals surface area contributed by atoms with Crippen LogP contribution in [0, 0.1) is 5.41 Å². The lowest BCUT2D eigenvalue weighted by atomic mass is 10.2. The van der Waals surface area contributed by atoms with Gasteiger partial charge in [-0.25, -0.2) is 4.98 Å². The zero-order valence-corrected chi connectivity index (χ0v) is 11.3. The van der Waals surface area contributed by atoms with Crippen molar-refractivity contribution in [2.75, 3.05) is 11.1 Å². The quantitative estimate of drug-likeness (QED) is 0.686. The first-order chi connectivity index (χ1) is 7.81. The van der Waals surface area contributed by atoms with Crippen LogP contribution in [0.4, 0.5) is 0 Å². The summed E-state index contributed by atoms with van der Waals surface area (Å²) in [6.07, 6.45) is 2.71. The molecule has 84 valence electrons. The molecule has 2 aromatic rings. The van der Waals surface area contributed by atoms with Crippen LogP contribution in [0.1, 0.15) is 12.8 Å². The summed E-state index contributed by atoms with van der Waals surface area (Å²) in [5, 5.41) is 2.17. The number of aromatic nitrogens is 2. The topological polar surface area (TPSA) is 28.7 Å². The fourth-order valence-electron chi connectivity index (χ4n) is 1.71. The number of imidazole rings is 1. The standard InChI is InChI=1S/C12H13BrN2S/c13-7-12(5-6-12)8-16-11-14-9-3-1-2-4-10(9)15-11/h1-4H,5-8H2,(H,14,15). The molecule has 1 aromatic carbocycles. The first-order valence-electron chi connectivity index (χ1n) is 5.45. The second-order valence-electron chi connectivity index (χ2n) is 4.48. The van der Waals surface area contributed by atoms with Gasteiger partial charge < -0.3 is 4.98 Å². The van der Waals surface area contributed by atoms with E-state index < -0.39 is 0 Å². The molecule has 0 saturated heterocycles. The summed E-state index contributed by atoms with van der Waals surface area (Å²) in [6.45, 7) is 0. The summed E-state index contributed by atoms with van der Waals surface area (Å²) in [4.78, 5) is 7.93. The third-order valence-electron chi connectivity index (χ3n) is 3.12. The third-order valence-corrected chi connectivity index (χ3v) is 5.54. The van der Waals surface area contributed by atoms with Crippen LogP contribution >= 0.6 is 27.7 Å². The Balaban J connectivity index is 1.74. The van der Waals surface area contributed by atoms with Gasteiger partial charge in [0.2, 0.25) is 0 Å². The number of hydrogen-bond acceptors (Lipinski definition) is 2. The van der Waals surface area contributed by atoms with Crippen LogP contribution in [0.5, 0.6) is 0 Å². The number of alkyl halides is 1. The number of para-hydroxylation sites is 2. The largest absolute Gasteiger partial charge is 0.333 e. The smallest absolute Gasteiger partial charge is 0.166 e. The number of aromatic amines is 1. The maximum absolute atomic E-state index is 4.57. The van der Waals surface area contributed by atoms with E-state index in [1.807, 2.05) is 30.0 Å². The number of H-pyrrole nitrogens is 1. The van der Waals surface area contributed by atoms with E-state index in [1.54, 1.807) is 0 Å². The van der Waals surface area contributed by atoms with Gasteiger partial charge in [0.1, 0.15) is 0 Å². The molecule has 0 unspecified atom stereocenters. The van der Waals surface area contributed by atoms with Crippen LogP contribution in [0.25, 0.3) is 11.0 Å². The van der Waals surface area contributed by atoms with Crippen molar-refractivity contribution in [2.45, 2.75) is 18.0 Å². The van der Waals surface area contributed by atoms with E-state index in [2.05, 4.69) is 32.0 Å². The van der Waals surface area contributed by atoms with Crippen LogP contribution in [-0.2, 0) is 0 Å². The first-order valence-corrected chi connectivity index (χ1v) is 7.56. The Hall–Kier alpha value is -0.480. The molecule has 0 spiro atoms. The van der Waals surface area contributed by atoms with Gasteiger partial charge in [0.25, 0.3) is 0 Å². The molecule has 3 rings (SSSR count). The Kier molecular flexibility index (Phi) is 2.72. The van der Waals surface area contributed by atoms with Gasteiger partial charge in [-0.15, -0.1) is 0 Å². The second kappa shape index (κ2) is 4.08. The van der Waals surface area contributed by atoms with Crippen molar-refractivity contribution in [1.29, 1.82) is 0 Å². The van der Waals surface area contributed by atoms with Crippen molar-refractivity contribution in [3.05, 3.63) is 24.3 Å². The molecular weight excluding hydrogens is 284 g/mol. The highest BCUT2D eigenvalue weighted by atomic mass is 79.9. The fourth-order valence-corrected chi connectivity index (χ4v) is 3.91. The fraction of sp³-hybridized carbons (Fsp3) is 0.417. The molecule has 1 aliphatic rings. The van der Waals surface area contributed by atoms with E-state index in [0.29, 0.717) is 5.41 Å². The van der Waals surface area contributed by atoms with Crippen molar-refractivity contribution in [3.63, 3.8) is 0 Å². The number of fused-ring (bicyclic) bond motifs is 1. The van der Waals surface area contributed by atoms with Crippen LogP contribution in [0.15, 0.2) is 29.4 Å². The van der Waals surface area contributed by atoms with Gasteiger partial charge in [0, 0.05) is 11.1 Å². The summed E-state index contributed by atoms with van der Waals surface area (Å²) in [5.41, 5.74) is 2.74. The summed E-state index contributed by atoms with van der Waals surface area (Å²) in [5.74, 6) is 1.16. The van der Waals surface area contributed by atoms with E-state index in [4.69, 9.17) is 0 Å². The van der Waals surface area contributed by atoms with Gasteiger partial charge in [0.05, 0.1) is 11.0 Å². The Morgan fingerprint density at radius 2 is 2.19 bits per heavy atom. The van der Waals surface area contributed by atoms with E-state index >= 15 is 0 Å². The van der Waals surface area contributed by atoms with Gasteiger partial charge in [-0.2, -0.15) is 0 Å². The third kappa shape index (κ3) is 2.00. The SMILES string of the molecule is BrCC1(CSc2nc3ccccc3[nH]2)CC1. The van der Waals surface area contributed by atoms with Crippen LogP contribution in [-0.4, -0.2) is 21.1 Å². The molecule has 1 fully saturated rings. The monoisotopic (exact) mass is 296 g/mol. The number of rotatable bonds is 4. The predicted octanol–water partition coefficient (Wildman–Crippen LogP) is 3.83. The molecule has 1 saturated carbocycles. The van der Waals surface area contributed by atoms with Crippen LogP contribution < -0.4 is 0 Å². The molecule has 2 nitrogen and oxygen atoms in total. The van der Waals surface area contributed by atoms with Crippen molar-refractivity contribution >= 4 is 38.7 Å². The summed E-state index contributed by atoms with van der Waals surface area (Å²) < 4.78 is 0. The molecule has 0 aliphatic heterocycles. The van der Waals surface area contributed by atoms with Crippen molar-refractivity contribution in [3.8, 4) is 0 Å². The van der Waals surface area contributed by atoms with E-state index in [9.17, 15) is 0 Å². The lowest BCUT2D eigenvalue weighted by Gasteiger charge is -2.08. The predicted molar refractivity (Wildman–Crippen MR) is 72.3 cm³/mol. The second-order valence-corrected chi connectivity index (χ2v) is 6.01. The van der Waals surface area contributed by atoms with Gasteiger partial charge in [-0.05, 0) is 30.4 Å². The minimum Gasteiger partial charge on any atom is -0.333 e. The highest BCUT2D eigenvalue weighted by molar-refractivity contribution is 9.09. The molecule has 0 atom stereocenters. The van der Waals surface area contributed by atoms with Gasteiger partial charge in [-0.1, -0.05) is 39.8 Å². The normalized spacial score (nSPS) is 17.8. The number of halogens is 1. The molecule has 1 aliphatic carbocycles. The molecule has 4 heteroatoms. The number of benzene rings is 1. The minimum absolute atomic E-state index is 0.545. The maximum Gasteiger partial charge on any atom is 0.166 e. The maximum atomic E-state index is 4.57. The molecule has 1 heterocycles. The Morgan fingerprint density at radius 3 is 2.88 bits per heavy atom. The van der Waals surface area contributed by atoms with E-state index in [0.717, 1.165) is 27.3 Å². The average molecular weight is 297 g/mol. The number of nitrogens with one attached hydrogen (secondary N) is 1. The Morgan fingerprint density at radius 1 is 1.38 bits per heavy atom. The molecule has 0 bridgehead atoms. The zero-order chi connectivity index (χ0) is 11.0.